The number of ether oxygens (including phenoxy) is 1. The van der Waals surface area contributed by atoms with Crippen LogP contribution in [0.4, 0.5) is 0 Å². The molecule has 2 aromatic carbocycles. The fourth-order valence-corrected chi connectivity index (χ4v) is 3.02. The van der Waals surface area contributed by atoms with Gasteiger partial charge in [0, 0.05) is 20.1 Å². The summed E-state index contributed by atoms with van der Waals surface area (Å²) in [5.74, 6) is 2.94. The highest BCUT2D eigenvalue weighted by molar-refractivity contribution is 14.0. The molecule has 0 saturated heterocycles. The van der Waals surface area contributed by atoms with Gasteiger partial charge in [0.2, 0.25) is 0 Å². The van der Waals surface area contributed by atoms with E-state index in [2.05, 4.69) is 40.1 Å². The van der Waals surface area contributed by atoms with Crippen LogP contribution in [0.2, 0.25) is 0 Å². The lowest BCUT2D eigenvalue weighted by Crippen LogP contribution is -2.37. The molecule has 0 amide bonds. The number of aliphatic imine (C=N–C) groups is 1. The molecule has 27 heavy (non-hydrogen) atoms. The molecule has 0 aromatic heterocycles. The number of benzene rings is 2. The van der Waals surface area contributed by atoms with E-state index in [1.807, 2.05) is 55.2 Å². The van der Waals surface area contributed by atoms with Crippen molar-refractivity contribution in [3.05, 3.63) is 65.7 Å². The normalized spacial score (nSPS) is 10.8. The maximum Gasteiger partial charge on any atom is 0.191 e. The first-order valence-electron chi connectivity index (χ1n) is 9.01. The highest BCUT2D eigenvalue weighted by Gasteiger charge is 2.04. The molecule has 0 spiro atoms. The summed E-state index contributed by atoms with van der Waals surface area (Å²) in [6.07, 6.45) is 4.53. The second kappa shape index (κ2) is 14.6. The quantitative estimate of drug-likeness (QED) is 0.216. The minimum absolute atomic E-state index is 0. The SMILES string of the molecule is CN=C(NCCCCSC)NCc1ccccc1COc1ccccc1.I. The maximum absolute atomic E-state index is 5.89. The Bertz CT molecular complexity index is 667. The minimum atomic E-state index is 0. The van der Waals surface area contributed by atoms with Crippen LogP contribution in [0, 0.1) is 0 Å². The van der Waals surface area contributed by atoms with Crippen LogP contribution in [-0.2, 0) is 13.2 Å². The van der Waals surface area contributed by atoms with Crippen molar-refractivity contribution < 1.29 is 4.74 Å². The lowest BCUT2D eigenvalue weighted by Gasteiger charge is -2.15. The summed E-state index contributed by atoms with van der Waals surface area (Å²) in [6, 6.07) is 18.3. The average Bonchev–Trinajstić information content (AvgIpc) is 2.70. The first kappa shape index (κ1) is 23.6. The second-order valence-electron chi connectivity index (χ2n) is 5.92. The molecule has 0 unspecified atom stereocenters. The standard InChI is InChI=1S/C21H29N3OS.HI/c1-22-21(23-14-8-9-15-26-2)24-16-18-10-6-7-11-19(18)17-25-20-12-4-3-5-13-20;/h3-7,10-13H,8-9,14-17H2,1-2H3,(H2,22,23,24);1H. The maximum atomic E-state index is 5.89. The molecule has 148 valence electrons. The zero-order valence-electron chi connectivity index (χ0n) is 16.1. The van der Waals surface area contributed by atoms with Crippen LogP contribution in [0.15, 0.2) is 59.6 Å². The van der Waals surface area contributed by atoms with E-state index in [-0.39, 0.29) is 24.0 Å². The van der Waals surface area contributed by atoms with E-state index < -0.39 is 0 Å². The molecular weight excluding hydrogens is 469 g/mol. The van der Waals surface area contributed by atoms with Crippen molar-refractivity contribution in [2.45, 2.75) is 26.0 Å². The molecule has 0 aliphatic rings. The number of thioether (sulfide) groups is 1. The third-order valence-electron chi connectivity index (χ3n) is 3.99. The first-order chi connectivity index (χ1) is 12.8. The summed E-state index contributed by atoms with van der Waals surface area (Å²) >= 11 is 1.89. The Morgan fingerprint density at radius 2 is 1.67 bits per heavy atom. The predicted octanol–water partition coefficient (Wildman–Crippen LogP) is 4.69. The summed E-state index contributed by atoms with van der Waals surface area (Å²) in [7, 11) is 1.81. The van der Waals surface area contributed by atoms with E-state index in [0.717, 1.165) is 31.2 Å². The zero-order valence-corrected chi connectivity index (χ0v) is 19.3. The van der Waals surface area contributed by atoms with Crippen LogP contribution < -0.4 is 15.4 Å². The Labute approximate surface area is 184 Å². The Morgan fingerprint density at radius 3 is 2.37 bits per heavy atom. The zero-order chi connectivity index (χ0) is 18.5. The molecule has 0 atom stereocenters. The van der Waals surface area contributed by atoms with E-state index in [9.17, 15) is 0 Å². The van der Waals surface area contributed by atoms with Crippen molar-refractivity contribution in [1.82, 2.24) is 10.6 Å². The van der Waals surface area contributed by atoms with Gasteiger partial charge in [-0.3, -0.25) is 4.99 Å². The number of guanidine groups is 1. The highest BCUT2D eigenvalue weighted by Crippen LogP contribution is 2.14. The van der Waals surface area contributed by atoms with Gasteiger partial charge >= 0.3 is 0 Å². The Kier molecular flexibility index (Phi) is 12.8. The summed E-state index contributed by atoms with van der Waals surface area (Å²) in [4.78, 5) is 4.30. The number of hydrogen-bond donors (Lipinski definition) is 2. The molecule has 0 saturated carbocycles. The lowest BCUT2D eigenvalue weighted by atomic mass is 10.1. The van der Waals surface area contributed by atoms with Gasteiger partial charge in [-0.2, -0.15) is 11.8 Å². The number of nitrogens with zero attached hydrogens (tertiary/aromatic N) is 1. The van der Waals surface area contributed by atoms with E-state index in [0.29, 0.717) is 6.61 Å². The van der Waals surface area contributed by atoms with Gasteiger partial charge in [0.25, 0.3) is 0 Å². The van der Waals surface area contributed by atoms with Crippen molar-refractivity contribution in [3.8, 4) is 5.75 Å². The Balaban J connectivity index is 0.00000364. The molecule has 2 rings (SSSR count). The largest absolute Gasteiger partial charge is 0.489 e. The van der Waals surface area contributed by atoms with Crippen LogP contribution >= 0.6 is 35.7 Å². The van der Waals surface area contributed by atoms with Gasteiger partial charge in [-0.05, 0) is 48.1 Å². The third kappa shape index (κ3) is 9.37. The van der Waals surface area contributed by atoms with Gasteiger partial charge in [-0.1, -0.05) is 42.5 Å². The lowest BCUT2D eigenvalue weighted by molar-refractivity contribution is 0.305. The fraction of sp³-hybridized carbons (Fsp3) is 0.381. The molecule has 0 radical (unpaired) electrons. The molecule has 0 heterocycles. The molecule has 0 fully saturated rings. The van der Waals surface area contributed by atoms with Gasteiger partial charge in [-0.25, -0.2) is 0 Å². The van der Waals surface area contributed by atoms with Gasteiger partial charge in [0.05, 0.1) is 0 Å². The molecular formula is C21H30IN3OS. The van der Waals surface area contributed by atoms with Crippen molar-refractivity contribution in [1.29, 1.82) is 0 Å². The second-order valence-corrected chi connectivity index (χ2v) is 6.91. The molecule has 6 heteroatoms. The summed E-state index contributed by atoms with van der Waals surface area (Å²) in [6.45, 7) is 2.22. The van der Waals surface area contributed by atoms with Gasteiger partial charge < -0.3 is 15.4 Å². The summed E-state index contributed by atoms with van der Waals surface area (Å²) < 4.78 is 5.89. The van der Waals surface area contributed by atoms with Crippen molar-refractivity contribution in [2.24, 2.45) is 4.99 Å². The van der Waals surface area contributed by atoms with Crippen molar-refractivity contribution in [2.75, 3.05) is 25.6 Å². The first-order valence-corrected chi connectivity index (χ1v) is 10.4. The third-order valence-corrected chi connectivity index (χ3v) is 4.69. The van der Waals surface area contributed by atoms with E-state index in [1.54, 1.807) is 0 Å². The smallest absolute Gasteiger partial charge is 0.191 e. The molecule has 2 aromatic rings. The van der Waals surface area contributed by atoms with E-state index in [1.165, 1.54) is 23.3 Å². The van der Waals surface area contributed by atoms with Crippen LogP contribution in [0.1, 0.15) is 24.0 Å². The Hall–Kier alpha value is -1.41. The van der Waals surface area contributed by atoms with Crippen molar-refractivity contribution in [3.63, 3.8) is 0 Å². The molecule has 4 nitrogen and oxygen atoms in total. The van der Waals surface area contributed by atoms with E-state index in [4.69, 9.17) is 4.74 Å². The minimum Gasteiger partial charge on any atom is -0.489 e. The number of rotatable bonds is 10. The molecule has 0 aliphatic carbocycles. The average molecular weight is 499 g/mol. The number of nitrogens with one attached hydrogen (secondary N) is 2. The number of hydrogen-bond acceptors (Lipinski definition) is 3. The van der Waals surface area contributed by atoms with Crippen molar-refractivity contribution >= 4 is 41.7 Å². The predicted molar refractivity (Wildman–Crippen MR) is 128 cm³/mol. The fourth-order valence-electron chi connectivity index (χ4n) is 2.53. The summed E-state index contributed by atoms with van der Waals surface area (Å²) in [5.41, 5.74) is 2.40. The molecule has 0 bridgehead atoms. The number of unbranched alkanes of at least 4 members (excludes halogenated alkanes) is 1. The molecule has 2 N–H and O–H groups in total. The highest BCUT2D eigenvalue weighted by atomic mass is 127. The van der Waals surface area contributed by atoms with E-state index >= 15 is 0 Å². The number of para-hydroxylation sites is 1. The van der Waals surface area contributed by atoms with Gasteiger partial charge in [0.1, 0.15) is 12.4 Å². The number of halogens is 1. The Morgan fingerprint density at radius 1 is 0.963 bits per heavy atom. The monoisotopic (exact) mass is 499 g/mol. The topological polar surface area (TPSA) is 45.7 Å². The summed E-state index contributed by atoms with van der Waals surface area (Å²) in [5, 5.41) is 6.77. The van der Waals surface area contributed by atoms with Crippen LogP contribution in [0.25, 0.3) is 0 Å². The van der Waals surface area contributed by atoms with Gasteiger partial charge in [-0.15, -0.1) is 24.0 Å². The van der Waals surface area contributed by atoms with Crippen LogP contribution in [-0.4, -0.2) is 31.6 Å². The van der Waals surface area contributed by atoms with Crippen LogP contribution in [0.5, 0.6) is 5.75 Å². The van der Waals surface area contributed by atoms with Crippen LogP contribution in [0.3, 0.4) is 0 Å². The molecule has 0 aliphatic heterocycles. The van der Waals surface area contributed by atoms with Gasteiger partial charge in [0.15, 0.2) is 5.96 Å².